The van der Waals surface area contributed by atoms with Crippen molar-refractivity contribution in [3.8, 4) is 5.75 Å². The van der Waals surface area contributed by atoms with Gasteiger partial charge in [0.15, 0.2) is 6.61 Å². The fourth-order valence-electron chi connectivity index (χ4n) is 5.08. The number of halogens is 1. The van der Waals surface area contributed by atoms with E-state index in [0.29, 0.717) is 60.7 Å². The molecule has 0 aliphatic carbocycles. The lowest BCUT2D eigenvalue weighted by Gasteiger charge is -2.20. The molecular formula is C25H23FN4O5. The number of fused-ring (bicyclic) bond motifs is 1. The van der Waals surface area contributed by atoms with E-state index in [4.69, 9.17) is 9.47 Å². The number of anilines is 2. The monoisotopic (exact) mass is 478 g/mol. The van der Waals surface area contributed by atoms with Gasteiger partial charge >= 0.3 is 6.09 Å². The summed E-state index contributed by atoms with van der Waals surface area (Å²) in [5.41, 5.74) is 2.19. The number of hydrogen-bond acceptors (Lipinski definition) is 6. The lowest BCUT2D eigenvalue weighted by molar-refractivity contribution is -0.118. The van der Waals surface area contributed by atoms with Crippen LogP contribution in [0.4, 0.5) is 20.6 Å². The molecule has 1 saturated heterocycles. The second-order valence-corrected chi connectivity index (χ2v) is 8.96. The Bertz CT molecular complexity index is 1420. The Morgan fingerprint density at radius 1 is 1.09 bits per heavy atom. The van der Waals surface area contributed by atoms with E-state index in [9.17, 15) is 18.8 Å². The van der Waals surface area contributed by atoms with Gasteiger partial charge in [0.2, 0.25) is 0 Å². The van der Waals surface area contributed by atoms with Gasteiger partial charge in [0.05, 0.1) is 23.8 Å². The fraction of sp³-hybridized carbons (Fsp3) is 0.320. The van der Waals surface area contributed by atoms with Crippen LogP contribution >= 0.6 is 0 Å². The SMILES string of the molecule is O=C1COc2ccc(N3C[C@@H](CCCNC4Cn5c(=O)ccc6ccc(F)c4c65)OC3=O)cc2N1. The molecule has 3 aliphatic rings. The maximum absolute atomic E-state index is 14.6. The van der Waals surface area contributed by atoms with Gasteiger partial charge in [0.1, 0.15) is 17.7 Å². The molecule has 1 aromatic heterocycles. The van der Waals surface area contributed by atoms with Crippen molar-refractivity contribution in [1.82, 2.24) is 9.88 Å². The molecule has 10 heteroatoms. The Morgan fingerprint density at radius 3 is 2.83 bits per heavy atom. The van der Waals surface area contributed by atoms with Crippen LogP contribution in [-0.2, 0) is 16.1 Å². The molecule has 4 heterocycles. The zero-order valence-electron chi connectivity index (χ0n) is 18.8. The fourth-order valence-corrected chi connectivity index (χ4v) is 5.08. The molecule has 0 spiro atoms. The number of cyclic esters (lactones) is 1. The lowest BCUT2D eigenvalue weighted by Crippen LogP contribution is -2.28. The summed E-state index contributed by atoms with van der Waals surface area (Å²) in [4.78, 5) is 37.8. The van der Waals surface area contributed by atoms with Crippen LogP contribution in [0.25, 0.3) is 10.9 Å². The van der Waals surface area contributed by atoms with Crippen molar-refractivity contribution in [3.63, 3.8) is 0 Å². The van der Waals surface area contributed by atoms with Crippen LogP contribution in [0.5, 0.6) is 5.75 Å². The van der Waals surface area contributed by atoms with Crippen molar-refractivity contribution < 1.29 is 23.5 Å². The number of carbonyl (C=O) groups excluding carboxylic acids is 2. The van der Waals surface area contributed by atoms with Gasteiger partial charge in [-0.05, 0) is 61.2 Å². The summed E-state index contributed by atoms with van der Waals surface area (Å²) in [6.07, 6.45) is 0.617. The molecule has 35 heavy (non-hydrogen) atoms. The summed E-state index contributed by atoms with van der Waals surface area (Å²) in [5, 5.41) is 6.95. The quantitative estimate of drug-likeness (QED) is 0.529. The highest BCUT2D eigenvalue weighted by molar-refractivity contribution is 5.97. The smallest absolute Gasteiger partial charge is 0.414 e. The van der Waals surface area contributed by atoms with E-state index < -0.39 is 6.09 Å². The Kier molecular flexibility index (Phi) is 5.18. The van der Waals surface area contributed by atoms with Crippen LogP contribution < -0.4 is 25.8 Å². The van der Waals surface area contributed by atoms with Gasteiger partial charge in [0.25, 0.3) is 11.5 Å². The number of carbonyl (C=O) groups is 2. The third-order valence-corrected chi connectivity index (χ3v) is 6.73. The molecule has 0 saturated carbocycles. The van der Waals surface area contributed by atoms with Crippen LogP contribution in [0.3, 0.4) is 0 Å². The van der Waals surface area contributed by atoms with Crippen molar-refractivity contribution in [3.05, 3.63) is 64.2 Å². The maximum Gasteiger partial charge on any atom is 0.414 e. The van der Waals surface area contributed by atoms with Gasteiger partial charge < -0.3 is 24.7 Å². The van der Waals surface area contributed by atoms with Crippen LogP contribution in [0.15, 0.2) is 47.3 Å². The minimum Gasteiger partial charge on any atom is -0.482 e. The molecule has 0 bridgehead atoms. The third-order valence-electron chi connectivity index (χ3n) is 6.73. The molecule has 2 aromatic carbocycles. The average molecular weight is 478 g/mol. The zero-order chi connectivity index (χ0) is 24.1. The van der Waals surface area contributed by atoms with Crippen LogP contribution in [0.2, 0.25) is 0 Å². The van der Waals surface area contributed by atoms with Crippen LogP contribution in [0, 0.1) is 5.82 Å². The first-order chi connectivity index (χ1) is 17.0. The highest BCUT2D eigenvalue weighted by Gasteiger charge is 2.33. The van der Waals surface area contributed by atoms with E-state index in [1.165, 1.54) is 17.0 Å². The number of nitrogens with one attached hydrogen (secondary N) is 2. The van der Waals surface area contributed by atoms with E-state index in [1.807, 2.05) is 0 Å². The van der Waals surface area contributed by atoms with Gasteiger partial charge in [-0.15, -0.1) is 0 Å². The first-order valence-electron chi connectivity index (χ1n) is 11.6. The van der Waals surface area contributed by atoms with E-state index in [-0.39, 0.29) is 36.0 Å². The topological polar surface area (TPSA) is 102 Å². The van der Waals surface area contributed by atoms with Crippen LogP contribution in [0.1, 0.15) is 24.4 Å². The van der Waals surface area contributed by atoms with Crippen molar-refractivity contribution in [2.45, 2.75) is 31.5 Å². The molecule has 1 fully saturated rings. The summed E-state index contributed by atoms with van der Waals surface area (Å²) < 4.78 is 27.1. The zero-order valence-corrected chi connectivity index (χ0v) is 18.8. The highest BCUT2D eigenvalue weighted by Crippen LogP contribution is 2.35. The van der Waals surface area contributed by atoms with Crippen molar-refractivity contribution in [2.24, 2.45) is 0 Å². The summed E-state index contributed by atoms with van der Waals surface area (Å²) in [6.45, 7) is 1.33. The van der Waals surface area contributed by atoms with Gasteiger partial charge in [-0.1, -0.05) is 0 Å². The number of rotatable bonds is 6. The molecule has 0 radical (unpaired) electrons. The van der Waals surface area contributed by atoms with Gasteiger partial charge in [-0.25, -0.2) is 9.18 Å². The highest BCUT2D eigenvalue weighted by atomic mass is 19.1. The average Bonchev–Trinajstić information content (AvgIpc) is 3.42. The van der Waals surface area contributed by atoms with Crippen LogP contribution in [-0.4, -0.2) is 42.4 Å². The van der Waals surface area contributed by atoms with Gasteiger partial charge in [-0.3, -0.25) is 14.5 Å². The molecule has 9 nitrogen and oxygen atoms in total. The largest absolute Gasteiger partial charge is 0.482 e. The Hall–Kier alpha value is -3.92. The van der Waals surface area contributed by atoms with Crippen molar-refractivity contribution in [2.75, 3.05) is 29.9 Å². The molecular weight excluding hydrogens is 455 g/mol. The van der Waals surface area contributed by atoms with E-state index in [0.717, 1.165) is 5.39 Å². The Balaban J connectivity index is 1.06. The normalized spacial score (nSPS) is 20.5. The van der Waals surface area contributed by atoms with E-state index in [1.54, 1.807) is 34.9 Å². The molecule has 180 valence electrons. The summed E-state index contributed by atoms with van der Waals surface area (Å²) in [6, 6.07) is 11.3. The first kappa shape index (κ1) is 21.6. The Labute approximate surface area is 199 Å². The molecule has 2 amide bonds. The standard InChI is InChI=1S/C25H23FN4O5/c26-17-6-3-14-4-8-22(32)30-12-19(23(17)24(14)30)27-9-1-2-16-11-29(25(33)35-16)15-5-7-20-18(10-15)28-21(31)13-34-20/h3-8,10,16,19,27H,1-2,9,11-13H2,(H,28,31)/t16-,19?/m1/s1. The number of ether oxygens (including phenoxy) is 2. The molecule has 2 atom stereocenters. The predicted molar refractivity (Wildman–Crippen MR) is 126 cm³/mol. The number of nitrogens with zero attached hydrogens (tertiary/aromatic N) is 2. The molecule has 6 rings (SSSR count). The number of benzene rings is 2. The van der Waals surface area contributed by atoms with Gasteiger partial charge in [0, 0.05) is 23.9 Å². The maximum atomic E-state index is 14.6. The van der Waals surface area contributed by atoms with E-state index in [2.05, 4.69) is 10.6 Å². The summed E-state index contributed by atoms with van der Waals surface area (Å²) >= 11 is 0. The molecule has 3 aromatic rings. The minimum absolute atomic E-state index is 0.0281. The molecule has 1 unspecified atom stereocenters. The lowest BCUT2D eigenvalue weighted by atomic mass is 10.1. The first-order valence-corrected chi connectivity index (χ1v) is 11.6. The summed E-state index contributed by atoms with van der Waals surface area (Å²) in [5.74, 6) is 0.00113. The second kappa shape index (κ2) is 8.38. The number of aromatic nitrogens is 1. The second-order valence-electron chi connectivity index (χ2n) is 8.96. The predicted octanol–water partition coefficient (Wildman–Crippen LogP) is 2.92. The minimum atomic E-state index is -0.440. The molecule has 3 aliphatic heterocycles. The number of hydrogen-bond donors (Lipinski definition) is 2. The third kappa shape index (κ3) is 3.79. The van der Waals surface area contributed by atoms with Crippen molar-refractivity contribution >= 4 is 34.3 Å². The summed E-state index contributed by atoms with van der Waals surface area (Å²) in [7, 11) is 0. The Morgan fingerprint density at radius 2 is 1.94 bits per heavy atom. The van der Waals surface area contributed by atoms with E-state index >= 15 is 0 Å². The van der Waals surface area contributed by atoms with Gasteiger partial charge in [-0.2, -0.15) is 0 Å². The molecule has 2 N–H and O–H groups in total. The van der Waals surface area contributed by atoms with Crippen molar-refractivity contribution in [1.29, 1.82) is 0 Å². The number of pyridine rings is 1. The number of amides is 2.